The summed E-state index contributed by atoms with van der Waals surface area (Å²) in [5.41, 5.74) is 4.29. The van der Waals surface area contributed by atoms with Gasteiger partial charge in [-0.1, -0.05) is 50.6 Å². The summed E-state index contributed by atoms with van der Waals surface area (Å²) in [6, 6.07) is 13.9. The lowest BCUT2D eigenvalue weighted by Crippen LogP contribution is -2.12. The van der Waals surface area contributed by atoms with Gasteiger partial charge in [-0.3, -0.25) is 0 Å². The van der Waals surface area contributed by atoms with E-state index in [-0.39, 0.29) is 5.82 Å². The molecule has 0 saturated heterocycles. The highest BCUT2D eigenvalue weighted by molar-refractivity contribution is 5.64. The third-order valence-electron chi connectivity index (χ3n) is 3.44. The Balaban J connectivity index is 2.23. The minimum Gasteiger partial charge on any atom is -0.313 e. The van der Waals surface area contributed by atoms with Gasteiger partial charge in [0.1, 0.15) is 5.82 Å². The predicted molar refractivity (Wildman–Crippen MR) is 83.2 cm³/mol. The summed E-state index contributed by atoms with van der Waals surface area (Å²) >= 11 is 0. The molecule has 0 bridgehead atoms. The summed E-state index contributed by atoms with van der Waals surface area (Å²) in [5.74, 6) is -0.141. The van der Waals surface area contributed by atoms with Crippen molar-refractivity contribution < 1.29 is 4.39 Å². The summed E-state index contributed by atoms with van der Waals surface area (Å²) in [7, 11) is 0. The summed E-state index contributed by atoms with van der Waals surface area (Å²) in [6.07, 6.45) is 2.26. The maximum absolute atomic E-state index is 13.7. The van der Waals surface area contributed by atoms with Gasteiger partial charge in [0.25, 0.3) is 0 Å². The van der Waals surface area contributed by atoms with Gasteiger partial charge in [0.2, 0.25) is 0 Å². The van der Waals surface area contributed by atoms with Crippen LogP contribution >= 0.6 is 0 Å². The largest absolute Gasteiger partial charge is 0.313 e. The maximum Gasteiger partial charge on any atom is 0.127 e. The number of rotatable bonds is 6. The van der Waals surface area contributed by atoms with Crippen LogP contribution in [0.25, 0.3) is 11.1 Å². The Morgan fingerprint density at radius 1 is 0.950 bits per heavy atom. The summed E-state index contributed by atoms with van der Waals surface area (Å²) < 4.78 is 13.7. The van der Waals surface area contributed by atoms with Gasteiger partial charge >= 0.3 is 0 Å². The van der Waals surface area contributed by atoms with E-state index in [2.05, 4.69) is 36.5 Å². The first-order valence-electron chi connectivity index (χ1n) is 7.33. The first-order chi connectivity index (χ1) is 9.74. The van der Waals surface area contributed by atoms with Gasteiger partial charge in [-0.05, 0) is 41.8 Å². The van der Waals surface area contributed by atoms with Gasteiger partial charge in [-0.25, -0.2) is 4.39 Å². The van der Waals surface area contributed by atoms with E-state index in [0.717, 1.165) is 36.1 Å². The van der Waals surface area contributed by atoms with E-state index in [1.54, 1.807) is 6.07 Å². The first-order valence-corrected chi connectivity index (χ1v) is 7.33. The molecule has 0 amide bonds. The van der Waals surface area contributed by atoms with Gasteiger partial charge < -0.3 is 5.32 Å². The monoisotopic (exact) mass is 271 g/mol. The molecule has 1 N–H and O–H groups in total. The van der Waals surface area contributed by atoms with Gasteiger partial charge in [0, 0.05) is 12.1 Å². The lowest BCUT2D eigenvalue weighted by Gasteiger charge is -2.08. The normalized spacial score (nSPS) is 10.8. The topological polar surface area (TPSA) is 12.0 Å². The average Bonchev–Trinajstić information content (AvgIpc) is 2.48. The molecule has 0 aliphatic carbocycles. The van der Waals surface area contributed by atoms with E-state index < -0.39 is 0 Å². The molecule has 2 aromatic carbocycles. The molecule has 0 saturated carbocycles. The van der Waals surface area contributed by atoms with Gasteiger partial charge in [-0.2, -0.15) is 0 Å². The molecular formula is C18H22FN. The number of halogens is 1. The highest BCUT2D eigenvalue weighted by atomic mass is 19.1. The Bertz CT molecular complexity index is 546. The van der Waals surface area contributed by atoms with Crippen molar-refractivity contribution in [3.8, 4) is 11.1 Å². The zero-order valence-corrected chi connectivity index (χ0v) is 12.2. The third-order valence-corrected chi connectivity index (χ3v) is 3.44. The second kappa shape index (κ2) is 7.20. The van der Waals surface area contributed by atoms with Crippen molar-refractivity contribution in [1.82, 2.24) is 5.32 Å². The van der Waals surface area contributed by atoms with Gasteiger partial charge in [0.05, 0.1) is 0 Å². The molecule has 0 aliphatic heterocycles. The second-order valence-corrected chi connectivity index (χ2v) is 5.03. The second-order valence-electron chi connectivity index (χ2n) is 5.03. The number of aryl methyl sites for hydroxylation is 1. The van der Waals surface area contributed by atoms with Crippen LogP contribution in [0.3, 0.4) is 0 Å². The predicted octanol–water partition coefficient (Wildman–Crippen LogP) is 4.55. The van der Waals surface area contributed by atoms with Crippen LogP contribution in [0, 0.1) is 5.82 Å². The Hall–Kier alpha value is -1.67. The van der Waals surface area contributed by atoms with Crippen molar-refractivity contribution in [2.45, 2.75) is 33.2 Å². The molecule has 0 aromatic heterocycles. The molecule has 0 spiro atoms. The lowest BCUT2D eigenvalue weighted by molar-refractivity contribution is 0.593. The third kappa shape index (κ3) is 3.67. The molecule has 0 radical (unpaired) electrons. The fraction of sp³-hybridized carbons (Fsp3) is 0.333. The molecule has 0 fully saturated rings. The minimum absolute atomic E-state index is 0.141. The summed E-state index contributed by atoms with van der Waals surface area (Å²) in [4.78, 5) is 0. The van der Waals surface area contributed by atoms with Crippen molar-refractivity contribution in [3.63, 3.8) is 0 Å². The van der Waals surface area contributed by atoms with Crippen LogP contribution in [0.4, 0.5) is 4.39 Å². The van der Waals surface area contributed by atoms with Crippen LogP contribution < -0.4 is 5.32 Å². The standard InChI is InChI=1S/C18H22FN/c1-3-5-14-6-8-15(9-7-14)16-10-11-18(19)17(12-16)13-20-4-2/h6-12,20H,3-5,13H2,1-2H3. The molecule has 0 aliphatic rings. The fourth-order valence-corrected chi connectivity index (χ4v) is 2.30. The Morgan fingerprint density at radius 3 is 2.30 bits per heavy atom. The molecule has 2 heteroatoms. The quantitative estimate of drug-likeness (QED) is 0.812. The number of hydrogen-bond acceptors (Lipinski definition) is 1. The number of benzene rings is 2. The van der Waals surface area contributed by atoms with Crippen molar-refractivity contribution >= 4 is 0 Å². The maximum atomic E-state index is 13.7. The smallest absolute Gasteiger partial charge is 0.127 e. The van der Waals surface area contributed by atoms with Crippen molar-refractivity contribution in [3.05, 3.63) is 59.4 Å². The van der Waals surface area contributed by atoms with Crippen LogP contribution in [0.2, 0.25) is 0 Å². The fourth-order valence-electron chi connectivity index (χ4n) is 2.30. The molecule has 106 valence electrons. The Morgan fingerprint density at radius 2 is 1.65 bits per heavy atom. The van der Waals surface area contributed by atoms with Gasteiger partial charge in [0.15, 0.2) is 0 Å². The van der Waals surface area contributed by atoms with Crippen LogP contribution in [0.1, 0.15) is 31.4 Å². The SMILES string of the molecule is CCCc1ccc(-c2ccc(F)c(CNCC)c2)cc1. The lowest BCUT2D eigenvalue weighted by atomic mass is 10.0. The van der Waals surface area contributed by atoms with Crippen LogP contribution in [0.5, 0.6) is 0 Å². The molecule has 2 rings (SSSR count). The van der Waals surface area contributed by atoms with Crippen LogP contribution in [0.15, 0.2) is 42.5 Å². The summed E-state index contributed by atoms with van der Waals surface area (Å²) in [5, 5.41) is 3.17. The summed E-state index contributed by atoms with van der Waals surface area (Å²) in [6.45, 7) is 5.62. The highest BCUT2D eigenvalue weighted by Crippen LogP contribution is 2.23. The first kappa shape index (κ1) is 14.7. The van der Waals surface area contributed by atoms with Crippen molar-refractivity contribution in [1.29, 1.82) is 0 Å². The van der Waals surface area contributed by atoms with Crippen molar-refractivity contribution in [2.75, 3.05) is 6.54 Å². The molecule has 20 heavy (non-hydrogen) atoms. The molecule has 0 heterocycles. The van der Waals surface area contributed by atoms with E-state index in [0.29, 0.717) is 6.54 Å². The van der Waals surface area contributed by atoms with E-state index in [4.69, 9.17) is 0 Å². The van der Waals surface area contributed by atoms with E-state index in [1.165, 1.54) is 5.56 Å². The van der Waals surface area contributed by atoms with E-state index >= 15 is 0 Å². The van der Waals surface area contributed by atoms with Crippen LogP contribution in [-0.4, -0.2) is 6.54 Å². The highest BCUT2D eigenvalue weighted by Gasteiger charge is 2.05. The van der Waals surface area contributed by atoms with Crippen molar-refractivity contribution in [2.24, 2.45) is 0 Å². The molecule has 1 nitrogen and oxygen atoms in total. The number of hydrogen-bond donors (Lipinski definition) is 1. The van der Waals surface area contributed by atoms with Crippen LogP contribution in [-0.2, 0) is 13.0 Å². The Kier molecular flexibility index (Phi) is 5.31. The van der Waals surface area contributed by atoms with E-state index in [9.17, 15) is 4.39 Å². The number of nitrogens with one attached hydrogen (secondary N) is 1. The average molecular weight is 271 g/mol. The molecular weight excluding hydrogens is 249 g/mol. The minimum atomic E-state index is -0.141. The molecule has 0 unspecified atom stereocenters. The molecule has 0 atom stereocenters. The molecule has 2 aromatic rings. The van der Waals surface area contributed by atoms with Gasteiger partial charge in [-0.15, -0.1) is 0 Å². The Labute approximate surface area is 120 Å². The zero-order chi connectivity index (χ0) is 14.4. The van der Waals surface area contributed by atoms with E-state index in [1.807, 2.05) is 19.1 Å². The zero-order valence-electron chi connectivity index (χ0n) is 12.2.